The van der Waals surface area contributed by atoms with E-state index in [0.717, 1.165) is 94.1 Å². The second-order valence-corrected chi connectivity index (χ2v) is 12.2. The van der Waals surface area contributed by atoms with Crippen molar-refractivity contribution in [1.29, 1.82) is 0 Å². The topological polar surface area (TPSA) is 63.0 Å². The number of nitrogens with one attached hydrogen (secondary N) is 1. The zero-order chi connectivity index (χ0) is 31.6. The highest BCUT2D eigenvalue weighted by molar-refractivity contribution is 6.26. The Hall–Kier alpha value is -6.46. The maximum absolute atomic E-state index is 6.56. The van der Waals surface area contributed by atoms with Crippen LogP contribution in [-0.2, 0) is 0 Å². The van der Waals surface area contributed by atoms with Crippen LogP contribution in [0.15, 0.2) is 170 Å². The van der Waals surface area contributed by atoms with Gasteiger partial charge in [0.05, 0.1) is 0 Å². The van der Waals surface area contributed by atoms with Crippen molar-refractivity contribution in [2.24, 2.45) is 9.98 Å². The van der Waals surface area contributed by atoms with Gasteiger partial charge in [0, 0.05) is 38.2 Å². The quantitative estimate of drug-likeness (QED) is 0.214. The fraction of sp³-hybridized carbons (Fsp3) is 0.0233. The standard InChI is InChI=1S/C43H27N3O2/c1-3-11-26(12-4-1)31-21-22-36-39(34-23-28-15-7-8-16-29(28)24-38(34)48-36)40(31)43-45-41(27-13-5-2-6-14-27)44-42(46-43)30-19-20-33-32-17-9-10-18-35(32)47-37(33)25-30/h1-25,42H,(H,44,45,46). The van der Waals surface area contributed by atoms with Gasteiger partial charge in [-0.1, -0.05) is 115 Å². The van der Waals surface area contributed by atoms with Crippen LogP contribution in [0.25, 0.3) is 65.8 Å². The smallest absolute Gasteiger partial charge is 0.169 e. The molecule has 0 bridgehead atoms. The summed E-state index contributed by atoms with van der Waals surface area (Å²) in [5, 5.41) is 10.2. The Morgan fingerprint density at radius 3 is 1.94 bits per heavy atom. The first kappa shape index (κ1) is 26.7. The molecule has 1 N–H and O–H groups in total. The van der Waals surface area contributed by atoms with E-state index in [1.54, 1.807) is 0 Å². The first-order chi connectivity index (χ1) is 23.8. The molecule has 1 unspecified atom stereocenters. The molecule has 0 fully saturated rings. The van der Waals surface area contributed by atoms with Crippen LogP contribution < -0.4 is 5.32 Å². The van der Waals surface area contributed by atoms with Crippen molar-refractivity contribution in [3.05, 3.63) is 168 Å². The lowest BCUT2D eigenvalue weighted by Crippen LogP contribution is -2.36. The summed E-state index contributed by atoms with van der Waals surface area (Å²) in [6.45, 7) is 0. The van der Waals surface area contributed by atoms with Crippen molar-refractivity contribution < 1.29 is 8.83 Å². The van der Waals surface area contributed by atoms with Crippen molar-refractivity contribution in [3.63, 3.8) is 0 Å². The second-order valence-electron chi connectivity index (χ2n) is 12.2. The van der Waals surface area contributed by atoms with Crippen LogP contribution in [0, 0.1) is 0 Å². The van der Waals surface area contributed by atoms with E-state index in [9.17, 15) is 0 Å². The molecule has 0 aliphatic carbocycles. The summed E-state index contributed by atoms with van der Waals surface area (Å²) in [6, 6.07) is 52.2. The number of nitrogens with zero attached hydrogens (tertiary/aromatic N) is 2. The molecule has 0 saturated heterocycles. The van der Waals surface area contributed by atoms with Crippen molar-refractivity contribution in [3.8, 4) is 11.1 Å². The van der Waals surface area contributed by atoms with Gasteiger partial charge < -0.3 is 14.2 Å². The molecule has 1 aliphatic heterocycles. The molecule has 1 atom stereocenters. The van der Waals surface area contributed by atoms with E-state index in [1.807, 2.05) is 42.5 Å². The molecule has 5 heteroatoms. The van der Waals surface area contributed by atoms with Gasteiger partial charge in [-0.3, -0.25) is 0 Å². The third kappa shape index (κ3) is 4.25. The average molecular weight is 618 g/mol. The highest BCUT2D eigenvalue weighted by Gasteiger charge is 2.27. The third-order valence-electron chi connectivity index (χ3n) is 9.31. The fourth-order valence-corrected chi connectivity index (χ4v) is 7.03. The number of benzene rings is 7. The molecule has 9 aromatic rings. The zero-order valence-corrected chi connectivity index (χ0v) is 25.7. The predicted octanol–water partition coefficient (Wildman–Crippen LogP) is 10.8. The lowest BCUT2D eigenvalue weighted by atomic mass is 9.93. The normalized spacial score (nSPS) is 14.9. The lowest BCUT2D eigenvalue weighted by Gasteiger charge is -2.24. The number of amidine groups is 2. The minimum absolute atomic E-state index is 0.507. The fourth-order valence-electron chi connectivity index (χ4n) is 7.03. The summed E-state index contributed by atoms with van der Waals surface area (Å²) < 4.78 is 12.8. The Kier molecular flexibility index (Phi) is 5.87. The second kappa shape index (κ2) is 10.5. The van der Waals surface area contributed by atoms with Crippen molar-refractivity contribution in [2.45, 2.75) is 6.17 Å². The van der Waals surface area contributed by atoms with Crippen LogP contribution in [0.4, 0.5) is 0 Å². The Labute approximate surface area is 275 Å². The maximum Gasteiger partial charge on any atom is 0.169 e. The number of hydrogen-bond acceptors (Lipinski definition) is 5. The summed E-state index contributed by atoms with van der Waals surface area (Å²) in [7, 11) is 0. The lowest BCUT2D eigenvalue weighted by molar-refractivity contribution is 0.665. The molecule has 3 heterocycles. The van der Waals surface area contributed by atoms with E-state index < -0.39 is 6.17 Å². The number of rotatable bonds is 4. The molecule has 226 valence electrons. The first-order valence-corrected chi connectivity index (χ1v) is 16.1. The maximum atomic E-state index is 6.56. The molecule has 1 aliphatic rings. The minimum atomic E-state index is -0.507. The molecular weight excluding hydrogens is 590 g/mol. The third-order valence-corrected chi connectivity index (χ3v) is 9.31. The number of furan rings is 2. The van der Waals surface area contributed by atoms with Crippen LogP contribution in [0.3, 0.4) is 0 Å². The molecule has 48 heavy (non-hydrogen) atoms. The summed E-state index contributed by atoms with van der Waals surface area (Å²) in [5.41, 5.74) is 8.40. The van der Waals surface area contributed by atoms with Crippen molar-refractivity contribution in [2.75, 3.05) is 0 Å². The van der Waals surface area contributed by atoms with E-state index in [-0.39, 0.29) is 0 Å². The van der Waals surface area contributed by atoms with Crippen LogP contribution in [0.2, 0.25) is 0 Å². The van der Waals surface area contributed by atoms with Gasteiger partial charge in [-0.05, 0) is 58.3 Å². The van der Waals surface area contributed by atoms with Gasteiger partial charge in [0.1, 0.15) is 34.0 Å². The van der Waals surface area contributed by atoms with E-state index in [0.29, 0.717) is 0 Å². The summed E-state index contributed by atoms with van der Waals surface area (Å²) in [4.78, 5) is 10.6. The number of fused-ring (bicyclic) bond motifs is 7. The molecule has 0 spiro atoms. The van der Waals surface area contributed by atoms with Crippen LogP contribution >= 0.6 is 0 Å². The number of para-hydroxylation sites is 1. The Morgan fingerprint density at radius 1 is 0.458 bits per heavy atom. The van der Waals surface area contributed by atoms with E-state index >= 15 is 0 Å². The van der Waals surface area contributed by atoms with Crippen molar-refractivity contribution in [1.82, 2.24) is 5.32 Å². The first-order valence-electron chi connectivity index (χ1n) is 16.1. The van der Waals surface area contributed by atoms with Gasteiger partial charge in [0.25, 0.3) is 0 Å². The van der Waals surface area contributed by atoms with Gasteiger partial charge in [-0.2, -0.15) is 0 Å². The Morgan fingerprint density at radius 2 is 1.10 bits per heavy atom. The largest absolute Gasteiger partial charge is 0.456 e. The van der Waals surface area contributed by atoms with Gasteiger partial charge in [0.2, 0.25) is 0 Å². The average Bonchev–Trinajstić information content (AvgIpc) is 3.71. The molecule has 5 nitrogen and oxygen atoms in total. The summed E-state index contributed by atoms with van der Waals surface area (Å²) >= 11 is 0. The zero-order valence-electron chi connectivity index (χ0n) is 25.7. The summed E-state index contributed by atoms with van der Waals surface area (Å²) in [5.74, 6) is 1.49. The number of aliphatic imine (C=N–C) groups is 2. The summed E-state index contributed by atoms with van der Waals surface area (Å²) in [6.07, 6.45) is -0.507. The molecule has 10 rings (SSSR count). The highest BCUT2D eigenvalue weighted by Crippen LogP contribution is 2.40. The highest BCUT2D eigenvalue weighted by atomic mass is 16.3. The molecule has 0 saturated carbocycles. The molecule has 0 amide bonds. The molecular formula is C43H27N3O2. The van der Waals surface area contributed by atoms with Gasteiger partial charge in [0.15, 0.2) is 6.17 Å². The van der Waals surface area contributed by atoms with E-state index in [2.05, 4.69) is 115 Å². The Bertz CT molecular complexity index is 2760. The van der Waals surface area contributed by atoms with Crippen LogP contribution in [0.5, 0.6) is 0 Å². The van der Waals surface area contributed by atoms with E-state index in [1.165, 1.54) is 0 Å². The SMILES string of the molecule is c1ccc(C2=NC(c3ccc4c(c3)oc3ccccc34)N=C(c3c(-c4ccccc4)ccc4oc5cc6ccccc6cc5c34)N2)cc1. The number of hydrogen-bond donors (Lipinski definition) is 1. The molecule has 2 aromatic heterocycles. The Balaban J connectivity index is 1.24. The molecule has 7 aromatic carbocycles. The van der Waals surface area contributed by atoms with Crippen LogP contribution in [-0.4, -0.2) is 11.7 Å². The van der Waals surface area contributed by atoms with Crippen molar-refractivity contribution >= 4 is 66.3 Å². The van der Waals surface area contributed by atoms with Crippen LogP contribution in [0.1, 0.15) is 22.9 Å². The van der Waals surface area contributed by atoms with Gasteiger partial charge in [-0.15, -0.1) is 0 Å². The molecule has 0 radical (unpaired) electrons. The predicted molar refractivity (Wildman–Crippen MR) is 196 cm³/mol. The van der Waals surface area contributed by atoms with Gasteiger partial charge in [-0.25, -0.2) is 9.98 Å². The van der Waals surface area contributed by atoms with E-state index in [4.69, 9.17) is 18.8 Å². The monoisotopic (exact) mass is 617 g/mol. The van der Waals surface area contributed by atoms with Gasteiger partial charge >= 0.3 is 0 Å². The minimum Gasteiger partial charge on any atom is -0.456 e.